The van der Waals surface area contributed by atoms with Crippen LogP contribution in [0, 0.1) is 13.8 Å². The number of nitrogens with one attached hydrogen (secondary N) is 1. The van der Waals surface area contributed by atoms with Gasteiger partial charge >= 0.3 is 0 Å². The van der Waals surface area contributed by atoms with E-state index in [4.69, 9.17) is 4.74 Å². The maximum atomic E-state index is 12.1. The second-order valence-corrected chi connectivity index (χ2v) is 6.81. The van der Waals surface area contributed by atoms with Crippen LogP contribution in [0.15, 0.2) is 40.9 Å². The molecule has 0 aliphatic carbocycles. The van der Waals surface area contributed by atoms with Crippen LogP contribution in [0.25, 0.3) is 0 Å². The predicted molar refractivity (Wildman–Crippen MR) is 103 cm³/mol. The number of halogens is 1. The van der Waals surface area contributed by atoms with Crippen molar-refractivity contribution in [2.24, 2.45) is 0 Å². The van der Waals surface area contributed by atoms with E-state index in [1.807, 2.05) is 38.1 Å². The van der Waals surface area contributed by atoms with E-state index in [0.29, 0.717) is 0 Å². The lowest BCUT2D eigenvalue weighted by Gasteiger charge is -2.12. The van der Waals surface area contributed by atoms with Gasteiger partial charge in [-0.15, -0.1) is 0 Å². The molecule has 0 heterocycles. The normalized spacial score (nSPS) is 10.5. The van der Waals surface area contributed by atoms with Gasteiger partial charge in [0.1, 0.15) is 5.75 Å². The van der Waals surface area contributed by atoms with Crippen LogP contribution in [-0.4, -0.2) is 12.5 Å². The number of amides is 1. The lowest BCUT2D eigenvalue weighted by atomic mass is 10.1. The SMILES string of the molecule is CCCCc1ccc(NC(=O)COc2cccc(C)c2C)c(Br)c1. The molecule has 0 aromatic heterocycles. The highest BCUT2D eigenvalue weighted by atomic mass is 79.9. The molecule has 0 saturated heterocycles. The van der Waals surface area contributed by atoms with Gasteiger partial charge < -0.3 is 10.1 Å². The van der Waals surface area contributed by atoms with Crippen LogP contribution in [-0.2, 0) is 11.2 Å². The van der Waals surface area contributed by atoms with Crippen LogP contribution < -0.4 is 10.1 Å². The van der Waals surface area contributed by atoms with E-state index in [-0.39, 0.29) is 12.5 Å². The van der Waals surface area contributed by atoms with Gasteiger partial charge in [-0.3, -0.25) is 4.79 Å². The second-order valence-electron chi connectivity index (χ2n) is 5.95. The van der Waals surface area contributed by atoms with Crippen LogP contribution in [0.5, 0.6) is 5.75 Å². The van der Waals surface area contributed by atoms with Gasteiger partial charge in [-0.25, -0.2) is 0 Å². The summed E-state index contributed by atoms with van der Waals surface area (Å²) >= 11 is 3.53. The monoisotopic (exact) mass is 389 g/mol. The first-order chi connectivity index (χ1) is 11.5. The van der Waals surface area contributed by atoms with Crippen molar-refractivity contribution >= 4 is 27.5 Å². The molecule has 0 bridgehead atoms. The van der Waals surface area contributed by atoms with Crippen molar-refractivity contribution in [1.82, 2.24) is 0 Å². The number of rotatable bonds is 7. The zero-order chi connectivity index (χ0) is 17.5. The van der Waals surface area contributed by atoms with Gasteiger partial charge in [-0.2, -0.15) is 0 Å². The summed E-state index contributed by atoms with van der Waals surface area (Å²) in [5.74, 6) is 0.581. The van der Waals surface area contributed by atoms with Gasteiger partial charge in [0, 0.05) is 4.47 Å². The number of hydrogen-bond donors (Lipinski definition) is 1. The Balaban J connectivity index is 1.93. The number of unbranched alkanes of at least 4 members (excludes halogenated alkanes) is 1. The van der Waals surface area contributed by atoms with Gasteiger partial charge in [-0.05, 0) is 77.5 Å². The zero-order valence-electron chi connectivity index (χ0n) is 14.5. The standard InChI is InChI=1S/C20H24BrNO2/c1-4-5-8-16-10-11-18(17(21)12-16)22-20(23)13-24-19-9-6-7-14(2)15(19)3/h6-7,9-12H,4-5,8,13H2,1-3H3,(H,22,23). The highest BCUT2D eigenvalue weighted by Gasteiger charge is 2.09. The number of anilines is 1. The minimum atomic E-state index is -0.169. The van der Waals surface area contributed by atoms with E-state index < -0.39 is 0 Å². The molecule has 0 aliphatic heterocycles. The first kappa shape index (κ1) is 18.5. The summed E-state index contributed by atoms with van der Waals surface area (Å²) in [4.78, 5) is 12.1. The van der Waals surface area contributed by atoms with Crippen LogP contribution in [0.1, 0.15) is 36.5 Å². The first-order valence-electron chi connectivity index (χ1n) is 8.28. The number of hydrogen-bond acceptors (Lipinski definition) is 2. The van der Waals surface area contributed by atoms with Crippen molar-refractivity contribution in [2.75, 3.05) is 11.9 Å². The molecular weight excluding hydrogens is 366 g/mol. The zero-order valence-corrected chi connectivity index (χ0v) is 16.1. The Labute approximate surface area is 152 Å². The van der Waals surface area contributed by atoms with Crippen LogP contribution in [0.2, 0.25) is 0 Å². The van der Waals surface area contributed by atoms with Gasteiger partial charge in [-0.1, -0.05) is 31.5 Å². The third-order valence-electron chi connectivity index (χ3n) is 4.04. The molecule has 128 valence electrons. The van der Waals surface area contributed by atoms with E-state index in [2.05, 4.69) is 40.3 Å². The second kappa shape index (κ2) is 8.88. The first-order valence-corrected chi connectivity index (χ1v) is 9.08. The number of carbonyl (C=O) groups is 1. The summed E-state index contributed by atoms with van der Waals surface area (Å²) in [6.45, 7) is 6.20. The fraction of sp³-hybridized carbons (Fsp3) is 0.350. The van der Waals surface area contributed by atoms with E-state index in [1.54, 1.807) is 0 Å². The molecule has 0 saturated carbocycles. The molecule has 2 aromatic carbocycles. The van der Waals surface area contributed by atoms with Gasteiger partial charge in [0.2, 0.25) is 0 Å². The molecule has 3 nitrogen and oxygen atoms in total. The van der Waals surface area contributed by atoms with E-state index >= 15 is 0 Å². The van der Waals surface area contributed by atoms with Crippen molar-refractivity contribution in [2.45, 2.75) is 40.0 Å². The largest absolute Gasteiger partial charge is 0.483 e. The number of carbonyl (C=O) groups excluding carboxylic acids is 1. The smallest absolute Gasteiger partial charge is 0.262 e. The molecule has 0 unspecified atom stereocenters. The Morgan fingerprint density at radius 2 is 2.00 bits per heavy atom. The van der Waals surface area contributed by atoms with Crippen molar-refractivity contribution in [3.05, 3.63) is 57.6 Å². The third-order valence-corrected chi connectivity index (χ3v) is 4.70. The van der Waals surface area contributed by atoms with Crippen LogP contribution in [0.3, 0.4) is 0 Å². The number of benzene rings is 2. The van der Waals surface area contributed by atoms with Gasteiger partial charge in [0.05, 0.1) is 5.69 Å². The summed E-state index contributed by atoms with van der Waals surface area (Å²) < 4.78 is 6.54. The average Bonchev–Trinajstić information content (AvgIpc) is 2.56. The molecule has 24 heavy (non-hydrogen) atoms. The molecule has 1 N–H and O–H groups in total. The summed E-state index contributed by atoms with van der Waals surface area (Å²) in [6, 6.07) is 11.9. The van der Waals surface area contributed by atoms with E-state index in [9.17, 15) is 4.79 Å². The van der Waals surface area contributed by atoms with Gasteiger partial charge in [0.15, 0.2) is 6.61 Å². The fourth-order valence-electron chi connectivity index (χ4n) is 2.41. The Morgan fingerprint density at radius 1 is 1.21 bits per heavy atom. The molecule has 1 amide bonds. The summed E-state index contributed by atoms with van der Waals surface area (Å²) in [5.41, 5.74) is 4.25. The molecule has 0 atom stereocenters. The molecule has 0 spiro atoms. The maximum Gasteiger partial charge on any atom is 0.262 e. The Bertz CT molecular complexity index is 713. The molecular formula is C20H24BrNO2. The lowest BCUT2D eigenvalue weighted by molar-refractivity contribution is -0.118. The Kier molecular flexibility index (Phi) is 6.85. The highest BCUT2D eigenvalue weighted by molar-refractivity contribution is 9.10. The van der Waals surface area contributed by atoms with Crippen molar-refractivity contribution in [3.8, 4) is 5.75 Å². The maximum absolute atomic E-state index is 12.1. The third kappa shape index (κ3) is 5.10. The van der Waals surface area contributed by atoms with E-state index in [0.717, 1.165) is 33.5 Å². The molecule has 4 heteroatoms. The van der Waals surface area contributed by atoms with Crippen molar-refractivity contribution in [3.63, 3.8) is 0 Å². The summed E-state index contributed by atoms with van der Waals surface area (Å²) in [6.07, 6.45) is 3.40. The Hall–Kier alpha value is -1.81. The summed E-state index contributed by atoms with van der Waals surface area (Å²) in [7, 11) is 0. The lowest BCUT2D eigenvalue weighted by Crippen LogP contribution is -2.20. The molecule has 2 aromatic rings. The molecule has 0 aliphatic rings. The summed E-state index contributed by atoms with van der Waals surface area (Å²) in [5, 5.41) is 2.89. The van der Waals surface area contributed by atoms with Crippen LogP contribution in [0.4, 0.5) is 5.69 Å². The number of ether oxygens (including phenoxy) is 1. The van der Waals surface area contributed by atoms with Crippen LogP contribution >= 0.6 is 15.9 Å². The highest BCUT2D eigenvalue weighted by Crippen LogP contribution is 2.25. The fourth-order valence-corrected chi connectivity index (χ4v) is 2.93. The van der Waals surface area contributed by atoms with Crippen molar-refractivity contribution < 1.29 is 9.53 Å². The van der Waals surface area contributed by atoms with Gasteiger partial charge in [0.25, 0.3) is 5.91 Å². The number of aryl methyl sites for hydroxylation is 2. The predicted octanol–water partition coefficient (Wildman–Crippen LogP) is 5.43. The average molecular weight is 390 g/mol. The molecule has 2 rings (SSSR count). The molecule has 0 fully saturated rings. The minimum Gasteiger partial charge on any atom is -0.483 e. The Morgan fingerprint density at radius 3 is 2.71 bits per heavy atom. The van der Waals surface area contributed by atoms with E-state index in [1.165, 1.54) is 18.4 Å². The quantitative estimate of drug-likeness (QED) is 0.685. The van der Waals surface area contributed by atoms with Crippen molar-refractivity contribution in [1.29, 1.82) is 0 Å². The minimum absolute atomic E-state index is 0.00564. The molecule has 0 radical (unpaired) electrons. The topological polar surface area (TPSA) is 38.3 Å².